The first kappa shape index (κ1) is 24.1. The molecule has 2 aromatic heterocycles. The van der Waals surface area contributed by atoms with Crippen molar-refractivity contribution in [3.8, 4) is 22.3 Å². The average molecular weight is 648 g/mol. The summed E-state index contributed by atoms with van der Waals surface area (Å²) in [5.74, 6) is 0. The van der Waals surface area contributed by atoms with E-state index in [1.807, 2.05) is 102 Å². The van der Waals surface area contributed by atoms with Crippen LogP contribution >= 0.6 is 11.3 Å². The van der Waals surface area contributed by atoms with Crippen LogP contribution in [-0.4, -0.2) is 0 Å². The summed E-state index contributed by atoms with van der Waals surface area (Å²) in [7, 11) is 0. The van der Waals surface area contributed by atoms with Gasteiger partial charge in [0.15, 0.2) is 5.58 Å². The molecular weight excluding hydrogens is 615 g/mol. The quantitative estimate of drug-likeness (QED) is 0.185. The summed E-state index contributed by atoms with van der Waals surface area (Å²) in [4.78, 5) is 1.84. The number of benzene rings is 8. The minimum atomic E-state index is -0.140. The third-order valence-corrected chi connectivity index (χ3v) is 10.6. The van der Waals surface area contributed by atoms with Gasteiger partial charge < -0.3 is 9.32 Å². The Balaban J connectivity index is 1.25. The second kappa shape index (κ2) is 11.2. The Morgan fingerprint density at radius 2 is 1.16 bits per heavy atom. The maximum Gasteiger partial charge on any atom is 0.159 e. The van der Waals surface area contributed by atoms with Gasteiger partial charge in [-0.05, 0) is 75.4 Å². The van der Waals surface area contributed by atoms with Crippen LogP contribution in [0.5, 0.6) is 0 Å². The number of hydrogen-bond donors (Lipinski definition) is 0. The van der Waals surface area contributed by atoms with Gasteiger partial charge in [-0.1, -0.05) is 133 Å². The topological polar surface area (TPSA) is 16.4 Å². The highest BCUT2D eigenvalue weighted by Gasteiger charge is 2.20. The molecule has 3 heteroatoms. The van der Waals surface area contributed by atoms with Crippen LogP contribution in [0.15, 0.2) is 180 Å². The van der Waals surface area contributed by atoms with E-state index in [4.69, 9.17) is 4.42 Å². The smallest absolute Gasteiger partial charge is 0.159 e. The first-order valence-electron chi connectivity index (χ1n) is 18.3. The zero-order valence-corrected chi connectivity index (χ0v) is 27.0. The first-order valence-corrected chi connectivity index (χ1v) is 17.1. The van der Waals surface area contributed by atoms with Gasteiger partial charge in [0, 0.05) is 42.3 Å². The lowest BCUT2D eigenvalue weighted by molar-refractivity contribution is 0.669. The Bertz CT molecular complexity index is 3060. The molecule has 230 valence electrons. The molecule has 2 heterocycles. The molecule has 10 aromatic rings. The van der Waals surface area contributed by atoms with Gasteiger partial charge in [-0.25, -0.2) is 0 Å². The van der Waals surface area contributed by atoms with Gasteiger partial charge in [0.1, 0.15) is 5.58 Å². The number of nitrogens with zero attached hydrogens (tertiary/aromatic N) is 1. The minimum absolute atomic E-state index is 0.106. The molecule has 0 radical (unpaired) electrons. The molecule has 0 atom stereocenters. The molecule has 0 aliphatic heterocycles. The molecule has 10 rings (SSSR count). The van der Waals surface area contributed by atoms with Crippen molar-refractivity contribution in [3.63, 3.8) is 0 Å². The number of thiophene rings is 1. The fraction of sp³-hybridized carbons (Fsp3) is 0. The maximum atomic E-state index is 9.60. The second-order valence-corrected chi connectivity index (χ2v) is 13.2. The van der Waals surface area contributed by atoms with Gasteiger partial charge in [0.05, 0.1) is 11.2 Å². The van der Waals surface area contributed by atoms with Gasteiger partial charge in [-0.3, -0.25) is 0 Å². The largest absolute Gasteiger partial charge is 0.454 e. The molecule has 0 saturated carbocycles. The van der Waals surface area contributed by atoms with Crippen LogP contribution in [0.2, 0.25) is 0 Å². The van der Waals surface area contributed by atoms with Gasteiger partial charge >= 0.3 is 0 Å². The molecule has 0 amide bonds. The normalized spacial score (nSPS) is 12.8. The third-order valence-electron chi connectivity index (χ3n) is 9.34. The number of hydrogen-bond acceptors (Lipinski definition) is 3. The molecule has 8 aromatic carbocycles. The van der Waals surface area contributed by atoms with Crippen molar-refractivity contribution in [3.05, 3.63) is 176 Å². The van der Waals surface area contributed by atoms with Crippen LogP contribution in [0.4, 0.5) is 17.1 Å². The van der Waals surface area contributed by atoms with Gasteiger partial charge in [0.2, 0.25) is 0 Å². The summed E-state index contributed by atoms with van der Waals surface area (Å²) in [5.41, 5.74) is 5.77. The summed E-state index contributed by atoms with van der Waals surface area (Å²) in [6, 6.07) is 49.8. The molecular formula is C46H29NOS. The molecule has 2 nitrogen and oxygen atoms in total. The van der Waals surface area contributed by atoms with Crippen LogP contribution in [0.25, 0.3) is 75.1 Å². The summed E-state index contributed by atoms with van der Waals surface area (Å²) >= 11 is 1.77. The fourth-order valence-electron chi connectivity index (χ4n) is 7.08. The Morgan fingerprint density at radius 1 is 0.490 bits per heavy atom. The van der Waals surface area contributed by atoms with E-state index in [1.165, 1.54) is 20.2 Å². The Labute approximate surface area is 293 Å². The monoisotopic (exact) mass is 647 g/mol. The molecule has 0 bridgehead atoms. The number of fused-ring (bicyclic) bond motifs is 7. The van der Waals surface area contributed by atoms with Gasteiger partial charge in [-0.2, -0.15) is 0 Å². The van der Waals surface area contributed by atoms with Crippen molar-refractivity contribution in [2.45, 2.75) is 0 Å². The molecule has 0 spiro atoms. The van der Waals surface area contributed by atoms with E-state index in [-0.39, 0.29) is 35.4 Å². The Kier molecular flexibility index (Phi) is 5.51. The zero-order chi connectivity index (χ0) is 35.8. The molecule has 0 unspecified atom stereocenters. The van der Waals surface area contributed by atoms with Crippen molar-refractivity contribution in [1.82, 2.24) is 0 Å². The van der Waals surface area contributed by atoms with E-state index in [0.29, 0.717) is 22.5 Å². The SMILES string of the molecule is [2H]c1c([2H])c(N(c2cccc(-c3cccc4c3sc3ccccc34)c2)c2cccc3c2oc2ccccc23)c([2H])c([2H])c1-c1cccc2ccccc12. The minimum Gasteiger partial charge on any atom is -0.454 e. The standard InChI is InChI=1S/C46H29NOS/c1-2-15-35-30(11-1)12-8-18-36(35)31-25-27-33(28-26-31)47(42-22-10-20-40-38-16-3-5-23-43(38)48-45(40)42)34-14-7-13-32(29-34)37-19-9-21-41-39-17-4-6-24-44(39)49-46(37)41/h1-29H/i25D,26D,27D,28D. The summed E-state index contributed by atoms with van der Waals surface area (Å²) in [6.45, 7) is 0. The van der Waals surface area contributed by atoms with E-state index < -0.39 is 0 Å². The average Bonchev–Trinajstić information content (AvgIpc) is 3.78. The zero-order valence-electron chi connectivity index (χ0n) is 30.2. The van der Waals surface area contributed by atoms with Crippen molar-refractivity contribution >= 4 is 81.3 Å². The Morgan fingerprint density at radius 3 is 2.08 bits per heavy atom. The summed E-state index contributed by atoms with van der Waals surface area (Å²) in [6.07, 6.45) is 0. The molecule has 0 fully saturated rings. The summed E-state index contributed by atoms with van der Waals surface area (Å²) < 4.78 is 47.0. The van der Waals surface area contributed by atoms with Crippen LogP contribution in [0.1, 0.15) is 5.48 Å². The Hall–Kier alpha value is -6.16. The molecule has 0 aliphatic rings. The lowest BCUT2D eigenvalue weighted by atomic mass is 9.98. The lowest BCUT2D eigenvalue weighted by Crippen LogP contribution is -2.10. The highest BCUT2D eigenvalue weighted by molar-refractivity contribution is 7.26. The summed E-state index contributed by atoms with van der Waals surface area (Å²) in [5, 5.41) is 6.11. The van der Waals surface area contributed by atoms with Gasteiger partial charge in [0.25, 0.3) is 0 Å². The van der Waals surface area contributed by atoms with E-state index in [9.17, 15) is 5.48 Å². The number of para-hydroxylation sites is 2. The predicted molar refractivity (Wildman–Crippen MR) is 210 cm³/mol. The first-order chi connectivity index (χ1) is 26.0. The molecule has 49 heavy (non-hydrogen) atoms. The predicted octanol–water partition coefficient (Wildman–Crippen LogP) is 13.9. The highest BCUT2D eigenvalue weighted by Crippen LogP contribution is 2.45. The van der Waals surface area contributed by atoms with E-state index in [1.54, 1.807) is 11.3 Å². The molecule has 0 N–H and O–H groups in total. The van der Waals surface area contributed by atoms with Crippen LogP contribution in [0, 0.1) is 0 Å². The highest BCUT2D eigenvalue weighted by atomic mass is 32.1. The molecule has 0 aliphatic carbocycles. The van der Waals surface area contributed by atoms with Crippen LogP contribution < -0.4 is 4.90 Å². The van der Waals surface area contributed by atoms with E-state index in [2.05, 4.69) is 54.6 Å². The van der Waals surface area contributed by atoms with E-state index >= 15 is 0 Å². The number of furan rings is 1. The van der Waals surface area contributed by atoms with Crippen molar-refractivity contribution in [2.75, 3.05) is 4.90 Å². The second-order valence-electron chi connectivity index (χ2n) is 12.2. The van der Waals surface area contributed by atoms with Crippen molar-refractivity contribution in [2.24, 2.45) is 0 Å². The maximum absolute atomic E-state index is 9.60. The third kappa shape index (κ3) is 4.55. The lowest BCUT2D eigenvalue weighted by Gasteiger charge is -2.26. The van der Waals surface area contributed by atoms with Gasteiger partial charge in [-0.15, -0.1) is 11.3 Å². The molecule has 0 saturated heterocycles. The number of anilines is 3. The van der Waals surface area contributed by atoms with Crippen molar-refractivity contribution in [1.29, 1.82) is 0 Å². The van der Waals surface area contributed by atoms with Crippen molar-refractivity contribution < 1.29 is 9.90 Å². The van der Waals surface area contributed by atoms with Crippen LogP contribution in [0.3, 0.4) is 0 Å². The fourth-order valence-corrected chi connectivity index (χ4v) is 8.32. The number of rotatable bonds is 5. The van der Waals surface area contributed by atoms with E-state index in [0.717, 1.165) is 38.3 Å². The van der Waals surface area contributed by atoms with Crippen LogP contribution in [-0.2, 0) is 0 Å².